The number of primary amides is 1. The number of alkyl carbamates (subject to hydrolysis) is 1. The maximum atomic E-state index is 13.8. The zero-order valence-electron chi connectivity index (χ0n) is 20.5. The van der Waals surface area contributed by atoms with Gasteiger partial charge in [0, 0.05) is 18.5 Å². The van der Waals surface area contributed by atoms with Crippen molar-refractivity contribution in [3.63, 3.8) is 0 Å². The summed E-state index contributed by atoms with van der Waals surface area (Å²) in [5, 5.41) is 15.4. The molecule has 0 radical (unpaired) electrons. The van der Waals surface area contributed by atoms with Crippen LogP contribution in [0.15, 0.2) is 24.3 Å². The summed E-state index contributed by atoms with van der Waals surface area (Å²) in [5.41, 5.74) is 4.93. The van der Waals surface area contributed by atoms with Crippen LogP contribution in [0.2, 0.25) is 0 Å². The number of carbonyl (C=O) groups is 4. The number of hydrogen-bond donors (Lipinski definition) is 4. The maximum Gasteiger partial charge on any atom is 0.408 e. The molecule has 1 aromatic rings. The first-order valence-electron chi connectivity index (χ1n) is 11.5. The quantitative estimate of drug-likeness (QED) is 0.406. The molecule has 0 spiro atoms. The summed E-state index contributed by atoms with van der Waals surface area (Å²) in [6.07, 6.45) is 0.372. The Morgan fingerprint density at radius 1 is 1.18 bits per heavy atom. The summed E-state index contributed by atoms with van der Waals surface area (Å²) in [4.78, 5) is 52.4. The van der Waals surface area contributed by atoms with Crippen LogP contribution in [-0.4, -0.2) is 57.5 Å². The molecule has 1 saturated carbocycles. The van der Waals surface area contributed by atoms with Gasteiger partial charge in [-0.3, -0.25) is 14.4 Å². The molecule has 0 bridgehead atoms. The van der Waals surface area contributed by atoms with E-state index in [2.05, 4.69) is 10.6 Å². The number of phenols is 1. The Bertz CT molecular complexity index is 907. The van der Waals surface area contributed by atoms with Gasteiger partial charge in [0.05, 0.1) is 0 Å². The van der Waals surface area contributed by atoms with Crippen LogP contribution in [-0.2, 0) is 19.1 Å². The molecular weight excluding hydrogens is 440 g/mol. The predicted octanol–water partition coefficient (Wildman–Crippen LogP) is 2.11. The summed E-state index contributed by atoms with van der Waals surface area (Å²) in [6.45, 7) is 8.69. The third-order valence-corrected chi connectivity index (χ3v) is 5.01. The van der Waals surface area contributed by atoms with Crippen LogP contribution in [0, 0.1) is 0 Å². The maximum absolute atomic E-state index is 13.8. The smallest absolute Gasteiger partial charge is 0.408 e. The zero-order chi connectivity index (χ0) is 25.6. The molecule has 0 aromatic heterocycles. The van der Waals surface area contributed by atoms with Crippen LogP contribution >= 0.6 is 0 Å². The molecule has 1 aromatic carbocycles. The average molecular weight is 477 g/mol. The minimum absolute atomic E-state index is 0.0415. The van der Waals surface area contributed by atoms with Gasteiger partial charge in [0.2, 0.25) is 17.7 Å². The van der Waals surface area contributed by atoms with E-state index >= 15 is 0 Å². The highest BCUT2D eigenvalue weighted by molar-refractivity contribution is 5.93. The van der Waals surface area contributed by atoms with Crippen LogP contribution in [0.5, 0.6) is 5.75 Å². The molecule has 2 atom stereocenters. The number of benzene rings is 1. The first kappa shape index (κ1) is 26.9. The highest BCUT2D eigenvalue weighted by Gasteiger charge is 2.44. The van der Waals surface area contributed by atoms with Crippen molar-refractivity contribution in [1.29, 1.82) is 0 Å². The number of hydrogen-bond acceptors (Lipinski definition) is 6. The Kier molecular flexibility index (Phi) is 8.89. The Hall–Kier alpha value is -3.30. The van der Waals surface area contributed by atoms with E-state index in [-0.39, 0.29) is 30.7 Å². The Labute approximate surface area is 200 Å². The third kappa shape index (κ3) is 8.24. The van der Waals surface area contributed by atoms with E-state index in [9.17, 15) is 24.3 Å². The number of nitrogens with two attached hydrogens (primary N) is 1. The first-order chi connectivity index (χ1) is 15.8. The average Bonchev–Trinajstić information content (AvgIpc) is 3.51. The normalized spacial score (nSPS) is 15.2. The van der Waals surface area contributed by atoms with Crippen molar-refractivity contribution in [2.24, 2.45) is 5.73 Å². The van der Waals surface area contributed by atoms with Gasteiger partial charge < -0.3 is 31.1 Å². The monoisotopic (exact) mass is 476 g/mol. The summed E-state index contributed by atoms with van der Waals surface area (Å²) >= 11 is 0. The lowest BCUT2D eigenvalue weighted by Gasteiger charge is -2.35. The fraction of sp³-hybridized carbons (Fsp3) is 0.583. The van der Waals surface area contributed by atoms with Gasteiger partial charge in [0.15, 0.2) is 0 Å². The molecule has 2 rings (SSSR count). The summed E-state index contributed by atoms with van der Waals surface area (Å²) < 4.78 is 5.29. The van der Waals surface area contributed by atoms with Crippen molar-refractivity contribution in [2.45, 2.75) is 90.1 Å². The molecule has 10 heteroatoms. The van der Waals surface area contributed by atoms with E-state index in [4.69, 9.17) is 10.5 Å². The predicted molar refractivity (Wildman–Crippen MR) is 126 cm³/mol. The molecule has 10 nitrogen and oxygen atoms in total. The molecule has 188 valence electrons. The standard InChI is InChI=1S/C24H36N4O6/c1-14(2)26-21(31)20(15-7-6-8-17(29)13-15)28(16-9-10-16)22(32)18(11-12-19(25)30)27-23(33)34-24(3,4)5/h6-8,13-14,16,18,20,29H,9-12H2,1-5H3,(H2,25,30)(H,26,31)(H,27,33). The van der Waals surface area contributed by atoms with Gasteiger partial charge in [0.25, 0.3) is 0 Å². The SMILES string of the molecule is CC(C)NC(=O)C(c1cccc(O)c1)N(C(=O)C(CCC(N)=O)NC(=O)OC(C)(C)C)C1CC1. The largest absolute Gasteiger partial charge is 0.508 e. The number of aromatic hydroxyl groups is 1. The van der Waals surface area contributed by atoms with E-state index < -0.39 is 41.5 Å². The lowest BCUT2D eigenvalue weighted by atomic mass is 10.0. The third-order valence-electron chi connectivity index (χ3n) is 5.01. The van der Waals surface area contributed by atoms with E-state index in [0.717, 1.165) is 0 Å². The molecular formula is C24H36N4O6. The summed E-state index contributed by atoms with van der Waals surface area (Å²) in [6, 6.07) is 3.59. The van der Waals surface area contributed by atoms with Crippen LogP contribution in [0.4, 0.5) is 4.79 Å². The molecule has 1 aliphatic rings. The van der Waals surface area contributed by atoms with E-state index in [1.807, 2.05) is 0 Å². The number of ether oxygens (including phenoxy) is 1. The van der Waals surface area contributed by atoms with Gasteiger partial charge in [-0.1, -0.05) is 12.1 Å². The van der Waals surface area contributed by atoms with Gasteiger partial charge in [-0.05, 0) is 71.6 Å². The second-order valence-corrected chi connectivity index (χ2v) is 9.84. The number of nitrogens with zero attached hydrogens (tertiary/aromatic N) is 1. The molecule has 5 N–H and O–H groups in total. The lowest BCUT2D eigenvalue weighted by Crippen LogP contribution is -2.54. The second kappa shape index (κ2) is 11.2. The van der Waals surface area contributed by atoms with Crippen LogP contribution in [0.1, 0.15) is 71.9 Å². The lowest BCUT2D eigenvalue weighted by molar-refractivity contribution is -0.143. The molecule has 0 saturated heterocycles. The minimum atomic E-state index is -1.13. The van der Waals surface area contributed by atoms with E-state index in [1.54, 1.807) is 46.8 Å². The van der Waals surface area contributed by atoms with Crippen molar-refractivity contribution in [3.05, 3.63) is 29.8 Å². The molecule has 4 amide bonds. The highest BCUT2D eigenvalue weighted by atomic mass is 16.6. The fourth-order valence-corrected chi connectivity index (χ4v) is 3.54. The van der Waals surface area contributed by atoms with Crippen molar-refractivity contribution in [2.75, 3.05) is 0 Å². The summed E-state index contributed by atoms with van der Waals surface area (Å²) in [7, 11) is 0. The Balaban J connectivity index is 2.43. The molecule has 34 heavy (non-hydrogen) atoms. The minimum Gasteiger partial charge on any atom is -0.508 e. The zero-order valence-corrected chi connectivity index (χ0v) is 20.5. The number of nitrogens with one attached hydrogen (secondary N) is 2. The molecule has 2 unspecified atom stereocenters. The van der Waals surface area contributed by atoms with Gasteiger partial charge in [-0.25, -0.2) is 4.79 Å². The number of phenolic OH excluding ortho intramolecular Hbond substituents is 1. The highest BCUT2D eigenvalue weighted by Crippen LogP contribution is 2.36. The van der Waals surface area contributed by atoms with Crippen molar-refractivity contribution in [3.8, 4) is 5.75 Å². The molecule has 0 heterocycles. The van der Waals surface area contributed by atoms with Crippen molar-refractivity contribution >= 4 is 23.8 Å². The van der Waals surface area contributed by atoms with Gasteiger partial charge in [0.1, 0.15) is 23.4 Å². The van der Waals surface area contributed by atoms with Crippen LogP contribution in [0.3, 0.4) is 0 Å². The molecule has 1 aliphatic carbocycles. The Morgan fingerprint density at radius 3 is 2.32 bits per heavy atom. The molecule has 1 fully saturated rings. The fourth-order valence-electron chi connectivity index (χ4n) is 3.54. The van der Waals surface area contributed by atoms with E-state index in [1.165, 1.54) is 17.0 Å². The van der Waals surface area contributed by atoms with Gasteiger partial charge >= 0.3 is 6.09 Å². The number of carbonyl (C=O) groups excluding carboxylic acids is 4. The topological polar surface area (TPSA) is 151 Å². The summed E-state index contributed by atoms with van der Waals surface area (Å²) in [5.74, 6) is -1.60. The van der Waals surface area contributed by atoms with Gasteiger partial charge in [-0.15, -0.1) is 0 Å². The first-order valence-corrected chi connectivity index (χ1v) is 11.5. The van der Waals surface area contributed by atoms with Gasteiger partial charge in [-0.2, -0.15) is 0 Å². The van der Waals surface area contributed by atoms with Crippen molar-refractivity contribution < 1.29 is 29.0 Å². The number of amides is 4. The van der Waals surface area contributed by atoms with Crippen molar-refractivity contribution in [1.82, 2.24) is 15.5 Å². The van der Waals surface area contributed by atoms with E-state index in [0.29, 0.717) is 18.4 Å². The Morgan fingerprint density at radius 2 is 1.82 bits per heavy atom. The molecule has 0 aliphatic heterocycles. The number of rotatable bonds is 10. The second-order valence-electron chi connectivity index (χ2n) is 9.84. The van der Waals surface area contributed by atoms with Crippen LogP contribution < -0.4 is 16.4 Å². The van der Waals surface area contributed by atoms with Crippen LogP contribution in [0.25, 0.3) is 0 Å².